The van der Waals surface area contributed by atoms with Crippen LogP contribution in [0.1, 0.15) is 28.8 Å². The van der Waals surface area contributed by atoms with Crippen molar-refractivity contribution in [3.63, 3.8) is 0 Å². The zero-order valence-corrected chi connectivity index (χ0v) is 16.6. The number of halogens is 2. The quantitative estimate of drug-likeness (QED) is 0.569. The topological polar surface area (TPSA) is 78.0 Å². The van der Waals surface area contributed by atoms with Crippen LogP contribution in [-0.2, 0) is 5.60 Å². The highest BCUT2D eigenvalue weighted by Gasteiger charge is 2.62. The molecular formula is C20H17BrClN3O2. The lowest BCUT2D eigenvalue weighted by atomic mass is 9.86. The minimum atomic E-state index is -0.931. The number of benzene rings is 2. The van der Waals surface area contributed by atoms with E-state index in [1.54, 1.807) is 12.3 Å². The number of amides is 1. The predicted octanol–water partition coefficient (Wildman–Crippen LogP) is 4.00. The molecule has 1 heterocycles. The Labute approximate surface area is 169 Å². The van der Waals surface area contributed by atoms with E-state index in [2.05, 4.69) is 31.4 Å². The summed E-state index contributed by atoms with van der Waals surface area (Å²) in [6.07, 6.45) is 2.96. The molecule has 3 aromatic rings. The molecule has 0 aliphatic heterocycles. The van der Waals surface area contributed by atoms with Crippen LogP contribution in [0, 0.1) is 11.8 Å². The normalized spacial score (nSPS) is 28.9. The zero-order valence-electron chi connectivity index (χ0n) is 14.2. The number of aliphatic hydroxyl groups is 1. The number of rotatable bonds is 3. The fourth-order valence-corrected chi connectivity index (χ4v) is 5.18. The lowest BCUT2D eigenvalue weighted by Crippen LogP contribution is -2.33. The number of nitrogens with one attached hydrogen (secondary N) is 2. The summed E-state index contributed by atoms with van der Waals surface area (Å²) >= 11 is 9.62. The number of carbonyl (C=O) groups is 1. The Kier molecular flexibility index (Phi) is 3.86. The first-order valence-electron chi connectivity index (χ1n) is 8.86. The summed E-state index contributed by atoms with van der Waals surface area (Å²) < 4.78 is 0.880. The molecule has 0 radical (unpaired) electrons. The van der Waals surface area contributed by atoms with Crippen molar-refractivity contribution in [1.29, 1.82) is 0 Å². The maximum atomic E-state index is 12.5. The van der Waals surface area contributed by atoms with Crippen LogP contribution in [0.5, 0.6) is 0 Å². The number of carbonyl (C=O) groups excluding carboxylic acids is 1. The lowest BCUT2D eigenvalue weighted by molar-refractivity contribution is 0.0293. The summed E-state index contributed by atoms with van der Waals surface area (Å²) in [5, 5.41) is 22.9. The highest BCUT2D eigenvalue weighted by molar-refractivity contribution is 9.10. The van der Waals surface area contributed by atoms with Crippen molar-refractivity contribution in [1.82, 2.24) is 15.5 Å². The van der Waals surface area contributed by atoms with Crippen LogP contribution in [0.4, 0.5) is 0 Å². The molecule has 2 aliphatic carbocycles. The number of H-pyrrole nitrogens is 1. The van der Waals surface area contributed by atoms with Gasteiger partial charge in [-0.2, -0.15) is 5.10 Å². The van der Waals surface area contributed by atoms with Gasteiger partial charge in [0.2, 0.25) is 0 Å². The van der Waals surface area contributed by atoms with Crippen molar-refractivity contribution in [2.45, 2.75) is 24.5 Å². The summed E-state index contributed by atoms with van der Waals surface area (Å²) in [4.78, 5) is 12.5. The Balaban J connectivity index is 1.33. The molecule has 0 spiro atoms. The van der Waals surface area contributed by atoms with Gasteiger partial charge in [-0.25, -0.2) is 0 Å². The van der Waals surface area contributed by atoms with Gasteiger partial charge in [-0.3, -0.25) is 9.89 Å². The van der Waals surface area contributed by atoms with Gasteiger partial charge in [0.25, 0.3) is 5.91 Å². The maximum Gasteiger partial charge on any atom is 0.251 e. The predicted molar refractivity (Wildman–Crippen MR) is 107 cm³/mol. The third kappa shape index (κ3) is 2.87. The summed E-state index contributed by atoms with van der Waals surface area (Å²) in [6.45, 7) is 0. The van der Waals surface area contributed by atoms with Crippen molar-refractivity contribution in [2.75, 3.05) is 0 Å². The molecule has 1 amide bonds. The molecule has 7 heteroatoms. The smallest absolute Gasteiger partial charge is 0.251 e. The molecule has 3 N–H and O–H groups in total. The third-order valence-electron chi connectivity index (χ3n) is 5.89. The van der Waals surface area contributed by atoms with Crippen molar-refractivity contribution in [2.24, 2.45) is 11.8 Å². The number of hydrogen-bond acceptors (Lipinski definition) is 3. The first-order valence-corrected chi connectivity index (χ1v) is 10.0. The summed E-state index contributed by atoms with van der Waals surface area (Å²) in [6, 6.07) is 11.1. The van der Waals surface area contributed by atoms with Gasteiger partial charge in [0.15, 0.2) is 0 Å². The molecule has 0 bridgehead atoms. The Morgan fingerprint density at radius 3 is 2.81 bits per heavy atom. The summed E-state index contributed by atoms with van der Waals surface area (Å²) in [5.74, 6) is 0.498. The van der Waals surface area contributed by atoms with Gasteiger partial charge < -0.3 is 10.4 Å². The highest BCUT2D eigenvalue weighted by Crippen LogP contribution is 2.60. The van der Waals surface area contributed by atoms with E-state index >= 15 is 0 Å². The average molecular weight is 447 g/mol. The van der Waals surface area contributed by atoms with Crippen LogP contribution in [-0.4, -0.2) is 27.3 Å². The van der Waals surface area contributed by atoms with E-state index in [-0.39, 0.29) is 23.8 Å². The van der Waals surface area contributed by atoms with Crippen LogP contribution >= 0.6 is 27.5 Å². The van der Waals surface area contributed by atoms with Gasteiger partial charge in [0.1, 0.15) is 0 Å². The SMILES string of the molecule is O=C(NC1[C@H]2CC(O)(c3cc(Cl)cc4[nH]ncc34)C[C@@H]12)c1cccc(Br)c1. The van der Waals surface area contributed by atoms with Gasteiger partial charge >= 0.3 is 0 Å². The van der Waals surface area contributed by atoms with Crippen LogP contribution in [0.3, 0.4) is 0 Å². The molecule has 2 aromatic carbocycles. The van der Waals surface area contributed by atoms with Crippen LogP contribution in [0.25, 0.3) is 10.9 Å². The van der Waals surface area contributed by atoms with E-state index in [0.29, 0.717) is 23.4 Å². The Bertz CT molecular complexity index is 1050. The minimum Gasteiger partial charge on any atom is -0.385 e. The van der Waals surface area contributed by atoms with E-state index < -0.39 is 5.60 Å². The molecule has 138 valence electrons. The van der Waals surface area contributed by atoms with Gasteiger partial charge in [-0.1, -0.05) is 33.6 Å². The Morgan fingerprint density at radius 2 is 2.07 bits per heavy atom. The fourth-order valence-electron chi connectivity index (χ4n) is 4.56. The molecule has 4 atom stereocenters. The summed E-state index contributed by atoms with van der Waals surface area (Å²) in [7, 11) is 0. The second-order valence-electron chi connectivity index (χ2n) is 7.56. The molecule has 2 aliphatic rings. The van der Waals surface area contributed by atoms with Gasteiger partial charge in [0, 0.05) is 26.5 Å². The Hall–Kier alpha value is -1.89. The van der Waals surface area contributed by atoms with Crippen LogP contribution in [0.2, 0.25) is 5.02 Å². The maximum absolute atomic E-state index is 12.5. The van der Waals surface area contributed by atoms with Crippen molar-refractivity contribution >= 4 is 44.3 Å². The summed E-state index contributed by atoms with van der Waals surface area (Å²) in [5.41, 5.74) is 1.35. The van der Waals surface area contributed by atoms with Crippen molar-refractivity contribution in [3.8, 4) is 0 Å². The highest BCUT2D eigenvalue weighted by atomic mass is 79.9. The molecule has 5 nitrogen and oxygen atoms in total. The number of hydrogen-bond donors (Lipinski definition) is 3. The minimum absolute atomic E-state index is 0.0702. The number of aromatic amines is 1. The first kappa shape index (κ1) is 17.2. The molecule has 2 saturated carbocycles. The van der Waals surface area contributed by atoms with E-state index in [1.807, 2.05) is 30.3 Å². The van der Waals surface area contributed by atoms with Crippen LogP contribution < -0.4 is 5.32 Å². The third-order valence-corrected chi connectivity index (χ3v) is 6.60. The Morgan fingerprint density at radius 1 is 1.30 bits per heavy atom. The lowest BCUT2D eigenvalue weighted by Gasteiger charge is -2.27. The van der Waals surface area contributed by atoms with Gasteiger partial charge in [-0.05, 0) is 60.6 Å². The average Bonchev–Trinajstić information content (AvgIpc) is 3.01. The van der Waals surface area contributed by atoms with Crippen molar-refractivity contribution in [3.05, 3.63) is 63.2 Å². The number of nitrogens with zero attached hydrogens (tertiary/aromatic N) is 1. The van der Waals surface area contributed by atoms with E-state index in [1.165, 1.54) is 0 Å². The molecular weight excluding hydrogens is 430 g/mol. The molecule has 2 unspecified atom stereocenters. The van der Waals surface area contributed by atoms with E-state index in [9.17, 15) is 9.90 Å². The monoisotopic (exact) mass is 445 g/mol. The molecule has 27 heavy (non-hydrogen) atoms. The molecule has 0 saturated heterocycles. The van der Waals surface area contributed by atoms with Gasteiger partial charge in [-0.15, -0.1) is 0 Å². The zero-order chi connectivity index (χ0) is 18.8. The fraction of sp³-hybridized carbons (Fsp3) is 0.300. The van der Waals surface area contributed by atoms with Crippen LogP contribution in [0.15, 0.2) is 47.1 Å². The first-order chi connectivity index (χ1) is 12.9. The number of fused-ring (bicyclic) bond motifs is 2. The standard InChI is InChI=1S/C20H17BrClN3O2/c21-11-3-1-2-10(4-11)19(26)24-18-13-7-20(27,8-14(13)18)16-5-12(22)6-17-15(16)9-23-25-17/h1-6,9,13-14,18,27H,7-8H2,(H,23,25)(H,24,26)/t13-,14+,18?,20?. The second-order valence-corrected chi connectivity index (χ2v) is 8.91. The van der Waals surface area contributed by atoms with Crippen molar-refractivity contribution < 1.29 is 9.90 Å². The van der Waals surface area contributed by atoms with Gasteiger partial charge in [0.05, 0.1) is 17.3 Å². The largest absolute Gasteiger partial charge is 0.385 e. The molecule has 1 aromatic heterocycles. The molecule has 2 fully saturated rings. The van der Waals surface area contributed by atoms with E-state index in [0.717, 1.165) is 20.9 Å². The number of aromatic nitrogens is 2. The molecule has 5 rings (SSSR count). The van der Waals surface area contributed by atoms with E-state index in [4.69, 9.17) is 11.6 Å². The second kappa shape index (κ2) is 6.06.